The highest BCUT2D eigenvalue weighted by atomic mass is 35.5. The first-order valence-corrected chi connectivity index (χ1v) is 4.26. The molecule has 1 fully saturated rings. The molecule has 2 heteroatoms. The Kier molecular flexibility index (Phi) is 3.23. The number of halogens is 1. The minimum absolute atomic E-state index is 0.770. The topological polar surface area (TPSA) is 12.0 Å². The Morgan fingerprint density at radius 1 is 1.70 bits per heavy atom. The second-order valence-electron chi connectivity index (χ2n) is 2.96. The lowest BCUT2D eigenvalue weighted by Crippen LogP contribution is -2.35. The van der Waals surface area contributed by atoms with Gasteiger partial charge in [-0.1, -0.05) is 18.0 Å². The number of hydrogen-bond donors (Lipinski definition) is 1. The lowest BCUT2D eigenvalue weighted by atomic mass is 9.93. The van der Waals surface area contributed by atoms with Gasteiger partial charge in [0.15, 0.2) is 0 Å². The van der Waals surface area contributed by atoms with Crippen LogP contribution in [0.1, 0.15) is 26.2 Å². The van der Waals surface area contributed by atoms with Gasteiger partial charge in [0, 0.05) is 18.1 Å². The maximum Gasteiger partial charge on any atom is 0.0176 e. The molecular weight excluding hydrogens is 146 g/mol. The number of nitrogens with one attached hydrogen (secondary N) is 1. The predicted octanol–water partition coefficient (Wildman–Crippen LogP) is 2.27. The van der Waals surface area contributed by atoms with Gasteiger partial charge in [0.2, 0.25) is 0 Å². The molecule has 0 heterocycles. The van der Waals surface area contributed by atoms with Crippen LogP contribution in [0.25, 0.3) is 0 Å². The first-order valence-electron chi connectivity index (χ1n) is 3.82. The van der Waals surface area contributed by atoms with Gasteiger partial charge in [-0.3, -0.25) is 0 Å². The van der Waals surface area contributed by atoms with E-state index in [1.807, 2.05) is 6.92 Å². The van der Waals surface area contributed by atoms with E-state index >= 15 is 0 Å². The van der Waals surface area contributed by atoms with Crippen LogP contribution in [0, 0.1) is 0 Å². The van der Waals surface area contributed by atoms with Gasteiger partial charge < -0.3 is 5.32 Å². The Labute approximate surface area is 67.5 Å². The molecule has 58 valence electrons. The zero-order valence-corrected chi connectivity index (χ0v) is 7.12. The van der Waals surface area contributed by atoms with Gasteiger partial charge in [0.1, 0.15) is 0 Å². The summed E-state index contributed by atoms with van der Waals surface area (Å²) in [5.74, 6) is 0. The van der Waals surface area contributed by atoms with Crippen molar-refractivity contribution in [3.8, 4) is 0 Å². The standard InChI is InChI=1S/C8H14ClN/c1-7(5-9)6-10-8-3-2-4-8/h5,8,10H,2-4,6H2,1H3. The van der Waals surface area contributed by atoms with Gasteiger partial charge in [-0.15, -0.1) is 0 Å². The van der Waals surface area contributed by atoms with Crippen LogP contribution in [-0.4, -0.2) is 12.6 Å². The molecule has 1 aliphatic carbocycles. The smallest absolute Gasteiger partial charge is 0.0176 e. The molecule has 0 spiro atoms. The van der Waals surface area contributed by atoms with Crippen molar-refractivity contribution in [1.82, 2.24) is 5.32 Å². The monoisotopic (exact) mass is 159 g/mol. The third-order valence-corrected chi connectivity index (χ3v) is 2.33. The molecule has 1 saturated carbocycles. The molecule has 0 radical (unpaired) electrons. The third kappa shape index (κ3) is 2.31. The molecule has 0 amide bonds. The average molecular weight is 160 g/mol. The van der Waals surface area contributed by atoms with Gasteiger partial charge in [-0.05, 0) is 25.3 Å². The summed E-state index contributed by atoms with van der Waals surface area (Å²) in [6, 6.07) is 0.770. The SMILES string of the molecule is CC(=CCl)CNC1CCC1. The zero-order valence-electron chi connectivity index (χ0n) is 6.36. The molecule has 1 aliphatic rings. The maximum atomic E-state index is 5.49. The molecule has 0 saturated heterocycles. The van der Waals surface area contributed by atoms with E-state index in [2.05, 4.69) is 5.32 Å². The molecule has 0 aromatic heterocycles. The van der Waals surface area contributed by atoms with Crippen LogP contribution in [0.2, 0.25) is 0 Å². The summed E-state index contributed by atoms with van der Waals surface area (Å²) in [7, 11) is 0. The Hall–Kier alpha value is -0.0100. The van der Waals surface area contributed by atoms with E-state index in [-0.39, 0.29) is 0 Å². The van der Waals surface area contributed by atoms with Crippen molar-refractivity contribution < 1.29 is 0 Å². The van der Waals surface area contributed by atoms with Crippen LogP contribution in [0.3, 0.4) is 0 Å². The third-order valence-electron chi connectivity index (χ3n) is 1.96. The molecule has 0 bridgehead atoms. The van der Waals surface area contributed by atoms with Crippen molar-refractivity contribution in [3.05, 3.63) is 11.1 Å². The summed E-state index contributed by atoms with van der Waals surface area (Å²) < 4.78 is 0. The molecule has 0 aliphatic heterocycles. The van der Waals surface area contributed by atoms with Gasteiger partial charge in [-0.2, -0.15) is 0 Å². The van der Waals surface area contributed by atoms with Crippen molar-refractivity contribution in [3.63, 3.8) is 0 Å². The first-order chi connectivity index (χ1) is 4.83. The summed E-state index contributed by atoms with van der Waals surface area (Å²) in [5.41, 5.74) is 2.86. The molecule has 10 heavy (non-hydrogen) atoms. The summed E-state index contributed by atoms with van der Waals surface area (Å²) in [4.78, 5) is 0. The van der Waals surface area contributed by atoms with Crippen molar-refractivity contribution in [2.75, 3.05) is 6.54 Å². The van der Waals surface area contributed by atoms with Gasteiger partial charge in [0.05, 0.1) is 0 Å². The fraction of sp³-hybridized carbons (Fsp3) is 0.750. The second kappa shape index (κ2) is 3.99. The largest absolute Gasteiger partial charge is 0.310 e. The van der Waals surface area contributed by atoms with Gasteiger partial charge >= 0.3 is 0 Å². The summed E-state index contributed by atoms with van der Waals surface area (Å²) in [5, 5.41) is 3.42. The van der Waals surface area contributed by atoms with E-state index in [9.17, 15) is 0 Å². The zero-order chi connectivity index (χ0) is 7.40. The molecule has 1 rings (SSSR count). The Balaban J connectivity index is 2.04. The van der Waals surface area contributed by atoms with Gasteiger partial charge in [-0.25, -0.2) is 0 Å². The van der Waals surface area contributed by atoms with Crippen LogP contribution in [0.5, 0.6) is 0 Å². The minimum Gasteiger partial charge on any atom is -0.310 e. The summed E-state index contributed by atoms with van der Waals surface area (Å²) in [6.07, 6.45) is 4.08. The average Bonchev–Trinajstić information content (AvgIpc) is 1.84. The van der Waals surface area contributed by atoms with E-state index in [1.54, 1.807) is 5.54 Å². The first kappa shape index (κ1) is 8.09. The van der Waals surface area contributed by atoms with E-state index in [0.717, 1.165) is 12.6 Å². The van der Waals surface area contributed by atoms with Crippen LogP contribution in [0.4, 0.5) is 0 Å². The molecule has 0 atom stereocenters. The van der Waals surface area contributed by atoms with Crippen molar-refractivity contribution >= 4 is 11.6 Å². The Morgan fingerprint density at radius 2 is 2.40 bits per heavy atom. The lowest BCUT2D eigenvalue weighted by molar-refractivity contribution is 0.349. The fourth-order valence-corrected chi connectivity index (χ4v) is 1.03. The molecule has 0 unspecified atom stereocenters. The predicted molar refractivity (Wildman–Crippen MR) is 45.3 cm³/mol. The van der Waals surface area contributed by atoms with Crippen molar-refractivity contribution in [1.29, 1.82) is 0 Å². The van der Waals surface area contributed by atoms with Crippen LogP contribution >= 0.6 is 11.6 Å². The van der Waals surface area contributed by atoms with E-state index in [1.165, 1.54) is 24.8 Å². The van der Waals surface area contributed by atoms with Crippen LogP contribution in [-0.2, 0) is 0 Å². The Bertz CT molecular complexity index is 127. The maximum absolute atomic E-state index is 5.49. The summed E-state index contributed by atoms with van der Waals surface area (Å²) in [6.45, 7) is 2.99. The number of rotatable bonds is 3. The molecule has 1 nitrogen and oxygen atoms in total. The van der Waals surface area contributed by atoms with Crippen LogP contribution < -0.4 is 5.32 Å². The van der Waals surface area contributed by atoms with Crippen molar-refractivity contribution in [2.45, 2.75) is 32.2 Å². The van der Waals surface area contributed by atoms with Gasteiger partial charge in [0.25, 0.3) is 0 Å². The number of hydrogen-bond acceptors (Lipinski definition) is 1. The quantitative estimate of drug-likeness (QED) is 0.666. The minimum atomic E-state index is 0.770. The highest BCUT2D eigenvalue weighted by Gasteiger charge is 2.15. The molecular formula is C8H14ClN. The van der Waals surface area contributed by atoms with E-state index in [0.29, 0.717) is 0 Å². The second-order valence-corrected chi connectivity index (χ2v) is 3.18. The molecule has 0 aromatic carbocycles. The van der Waals surface area contributed by atoms with E-state index < -0.39 is 0 Å². The van der Waals surface area contributed by atoms with Crippen LogP contribution in [0.15, 0.2) is 11.1 Å². The lowest BCUT2D eigenvalue weighted by Gasteiger charge is -2.26. The highest BCUT2D eigenvalue weighted by Crippen LogP contribution is 2.17. The Morgan fingerprint density at radius 3 is 2.80 bits per heavy atom. The molecule has 0 aromatic rings. The summed E-state index contributed by atoms with van der Waals surface area (Å²) >= 11 is 5.49. The molecule has 1 N–H and O–H groups in total. The highest BCUT2D eigenvalue weighted by molar-refractivity contribution is 6.25. The van der Waals surface area contributed by atoms with Crippen molar-refractivity contribution in [2.24, 2.45) is 0 Å². The normalized spacial score (nSPS) is 20.8. The fourth-order valence-electron chi connectivity index (χ4n) is 0.956. The van der Waals surface area contributed by atoms with E-state index in [4.69, 9.17) is 11.6 Å².